The van der Waals surface area contributed by atoms with E-state index in [-0.39, 0.29) is 11.8 Å². The Labute approximate surface area is 154 Å². The van der Waals surface area contributed by atoms with Gasteiger partial charge in [-0.25, -0.2) is 4.98 Å². The molecule has 1 aliphatic heterocycles. The maximum absolute atomic E-state index is 12.5. The highest BCUT2D eigenvalue weighted by atomic mass is 16.2. The van der Waals surface area contributed by atoms with E-state index < -0.39 is 0 Å². The molecule has 7 heteroatoms. The molecule has 1 fully saturated rings. The van der Waals surface area contributed by atoms with Crippen LogP contribution in [0.2, 0.25) is 0 Å². The second kappa shape index (κ2) is 8.80. The number of imidazole rings is 1. The molecule has 7 nitrogen and oxygen atoms in total. The van der Waals surface area contributed by atoms with Crippen LogP contribution in [0.5, 0.6) is 0 Å². The van der Waals surface area contributed by atoms with E-state index >= 15 is 0 Å². The second-order valence-electron chi connectivity index (χ2n) is 6.68. The van der Waals surface area contributed by atoms with Gasteiger partial charge in [-0.2, -0.15) is 0 Å². The molecule has 1 aliphatic rings. The molecule has 0 spiro atoms. The molecule has 0 bridgehead atoms. The molecule has 0 radical (unpaired) electrons. The van der Waals surface area contributed by atoms with Crippen molar-refractivity contribution in [3.8, 4) is 0 Å². The SMILES string of the molecule is CCCNC(=O)CN1CCN(C(=O)CCn2cnc3ccccc32)CC1. The van der Waals surface area contributed by atoms with Gasteiger partial charge in [-0.3, -0.25) is 14.5 Å². The number of aromatic nitrogens is 2. The number of fused-ring (bicyclic) bond motifs is 1. The van der Waals surface area contributed by atoms with Crippen LogP contribution in [-0.4, -0.2) is 70.4 Å². The molecule has 1 N–H and O–H groups in total. The van der Waals surface area contributed by atoms with Crippen molar-refractivity contribution in [2.24, 2.45) is 0 Å². The average Bonchev–Trinajstić information content (AvgIpc) is 3.08. The van der Waals surface area contributed by atoms with Gasteiger partial charge in [0.25, 0.3) is 0 Å². The maximum atomic E-state index is 12.5. The van der Waals surface area contributed by atoms with Gasteiger partial charge in [-0.05, 0) is 18.6 Å². The summed E-state index contributed by atoms with van der Waals surface area (Å²) >= 11 is 0. The third kappa shape index (κ3) is 4.60. The lowest BCUT2D eigenvalue weighted by Gasteiger charge is -2.34. The molecule has 0 aliphatic carbocycles. The molecule has 1 aromatic heterocycles. The normalized spacial score (nSPS) is 15.3. The first-order chi connectivity index (χ1) is 12.7. The lowest BCUT2D eigenvalue weighted by molar-refractivity contribution is -0.133. The van der Waals surface area contributed by atoms with Gasteiger partial charge in [-0.1, -0.05) is 19.1 Å². The summed E-state index contributed by atoms with van der Waals surface area (Å²) in [6.07, 6.45) is 3.21. The fourth-order valence-electron chi connectivity index (χ4n) is 3.24. The Hall–Kier alpha value is -2.41. The zero-order valence-corrected chi connectivity index (χ0v) is 15.4. The van der Waals surface area contributed by atoms with Crippen LogP contribution >= 0.6 is 0 Å². The summed E-state index contributed by atoms with van der Waals surface area (Å²) in [6.45, 7) is 6.69. The van der Waals surface area contributed by atoms with E-state index in [1.165, 1.54) is 0 Å². The highest BCUT2D eigenvalue weighted by Crippen LogP contribution is 2.13. The number of aryl methyl sites for hydroxylation is 1. The summed E-state index contributed by atoms with van der Waals surface area (Å²) in [4.78, 5) is 32.7. The Morgan fingerprint density at radius 1 is 1.15 bits per heavy atom. The summed E-state index contributed by atoms with van der Waals surface area (Å²) in [5.41, 5.74) is 2.01. The number of benzene rings is 1. The zero-order valence-electron chi connectivity index (χ0n) is 15.4. The topological polar surface area (TPSA) is 70.5 Å². The molecular formula is C19H27N5O2. The Morgan fingerprint density at radius 3 is 2.69 bits per heavy atom. The van der Waals surface area contributed by atoms with E-state index in [9.17, 15) is 9.59 Å². The van der Waals surface area contributed by atoms with Crippen LogP contribution in [0.3, 0.4) is 0 Å². The van der Waals surface area contributed by atoms with Crippen molar-refractivity contribution in [2.75, 3.05) is 39.3 Å². The molecule has 140 valence electrons. The van der Waals surface area contributed by atoms with Crippen LogP contribution in [0.4, 0.5) is 0 Å². The number of nitrogens with zero attached hydrogens (tertiary/aromatic N) is 4. The number of piperazine rings is 1. The summed E-state index contributed by atoms with van der Waals surface area (Å²) in [5, 5.41) is 2.89. The first kappa shape index (κ1) is 18.4. The lowest BCUT2D eigenvalue weighted by atomic mass is 10.2. The number of amides is 2. The van der Waals surface area contributed by atoms with Gasteiger partial charge >= 0.3 is 0 Å². The molecule has 0 atom stereocenters. The van der Waals surface area contributed by atoms with E-state index in [0.717, 1.165) is 37.1 Å². The maximum Gasteiger partial charge on any atom is 0.234 e. The lowest BCUT2D eigenvalue weighted by Crippen LogP contribution is -2.51. The van der Waals surface area contributed by atoms with Gasteiger partial charge in [0.05, 0.1) is 23.9 Å². The molecule has 1 aromatic carbocycles. The van der Waals surface area contributed by atoms with Crippen LogP contribution in [0.1, 0.15) is 19.8 Å². The molecule has 2 amide bonds. The largest absolute Gasteiger partial charge is 0.355 e. The highest BCUT2D eigenvalue weighted by molar-refractivity contribution is 5.79. The first-order valence-corrected chi connectivity index (χ1v) is 9.34. The minimum Gasteiger partial charge on any atom is -0.355 e. The van der Waals surface area contributed by atoms with E-state index in [4.69, 9.17) is 0 Å². The quantitative estimate of drug-likeness (QED) is 0.805. The van der Waals surface area contributed by atoms with Gasteiger partial charge in [0.15, 0.2) is 0 Å². The number of nitrogens with one attached hydrogen (secondary N) is 1. The third-order valence-electron chi connectivity index (χ3n) is 4.76. The van der Waals surface area contributed by atoms with Crippen molar-refractivity contribution < 1.29 is 9.59 Å². The van der Waals surface area contributed by atoms with Crippen molar-refractivity contribution >= 4 is 22.8 Å². The van der Waals surface area contributed by atoms with Crippen LogP contribution in [0, 0.1) is 0 Å². The highest BCUT2D eigenvalue weighted by Gasteiger charge is 2.22. The minimum atomic E-state index is 0.0682. The van der Waals surface area contributed by atoms with Crippen molar-refractivity contribution in [3.63, 3.8) is 0 Å². The summed E-state index contributed by atoms with van der Waals surface area (Å²) < 4.78 is 2.03. The van der Waals surface area contributed by atoms with E-state index in [1.54, 1.807) is 6.33 Å². The van der Waals surface area contributed by atoms with Gasteiger partial charge < -0.3 is 14.8 Å². The predicted molar refractivity (Wildman–Crippen MR) is 101 cm³/mol. The van der Waals surface area contributed by atoms with Crippen LogP contribution in [0.25, 0.3) is 11.0 Å². The molecule has 3 rings (SSSR count). The Kier molecular flexibility index (Phi) is 6.22. The Bertz CT molecular complexity index is 749. The number of hydrogen-bond acceptors (Lipinski definition) is 4. The fourth-order valence-corrected chi connectivity index (χ4v) is 3.24. The summed E-state index contributed by atoms with van der Waals surface area (Å²) in [7, 11) is 0. The third-order valence-corrected chi connectivity index (χ3v) is 4.76. The van der Waals surface area contributed by atoms with Gasteiger partial charge in [0.2, 0.25) is 11.8 Å². The average molecular weight is 357 g/mol. The molecule has 0 unspecified atom stereocenters. The van der Waals surface area contributed by atoms with Crippen LogP contribution < -0.4 is 5.32 Å². The van der Waals surface area contributed by atoms with Crippen LogP contribution in [-0.2, 0) is 16.1 Å². The second-order valence-corrected chi connectivity index (χ2v) is 6.68. The van der Waals surface area contributed by atoms with Gasteiger partial charge in [-0.15, -0.1) is 0 Å². The zero-order chi connectivity index (χ0) is 18.4. The standard InChI is InChI=1S/C19H27N5O2/c1-2-8-20-18(25)14-22-10-12-23(13-11-22)19(26)7-9-24-15-21-16-5-3-4-6-17(16)24/h3-6,15H,2,7-14H2,1H3,(H,20,25). The smallest absolute Gasteiger partial charge is 0.234 e. The summed E-state index contributed by atoms with van der Waals surface area (Å²) in [6, 6.07) is 7.95. The number of para-hydroxylation sites is 2. The van der Waals surface area contributed by atoms with Crippen LogP contribution in [0.15, 0.2) is 30.6 Å². The minimum absolute atomic E-state index is 0.0682. The predicted octanol–water partition coefficient (Wildman–Crippen LogP) is 1.10. The van der Waals surface area contributed by atoms with Crippen molar-refractivity contribution in [1.29, 1.82) is 0 Å². The fraction of sp³-hybridized carbons (Fsp3) is 0.526. The van der Waals surface area contributed by atoms with Crippen molar-refractivity contribution in [3.05, 3.63) is 30.6 Å². The monoisotopic (exact) mass is 357 g/mol. The molecule has 0 saturated carbocycles. The molecule has 2 aromatic rings. The van der Waals surface area contributed by atoms with Crippen molar-refractivity contribution in [1.82, 2.24) is 24.7 Å². The summed E-state index contributed by atoms with van der Waals surface area (Å²) in [5.74, 6) is 0.233. The number of rotatable bonds is 7. The van der Waals surface area contributed by atoms with E-state index in [0.29, 0.717) is 32.6 Å². The molecule has 26 heavy (non-hydrogen) atoms. The van der Waals surface area contributed by atoms with E-state index in [2.05, 4.69) is 15.2 Å². The molecular weight excluding hydrogens is 330 g/mol. The Morgan fingerprint density at radius 2 is 1.92 bits per heavy atom. The molecule has 2 heterocycles. The van der Waals surface area contributed by atoms with Gasteiger partial charge in [0, 0.05) is 45.7 Å². The van der Waals surface area contributed by atoms with Crippen molar-refractivity contribution in [2.45, 2.75) is 26.3 Å². The van der Waals surface area contributed by atoms with E-state index in [1.807, 2.05) is 40.7 Å². The number of carbonyl (C=O) groups is 2. The number of hydrogen-bond donors (Lipinski definition) is 1. The number of carbonyl (C=O) groups excluding carboxylic acids is 2. The van der Waals surface area contributed by atoms with Gasteiger partial charge in [0.1, 0.15) is 0 Å². The Balaban J connectivity index is 1.43. The first-order valence-electron chi connectivity index (χ1n) is 9.34. The molecule has 1 saturated heterocycles.